The third kappa shape index (κ3) is 4.96. The molecule has 1 fully saturated rings. The van der Waals surface area contributed by atoms with Crippen molar-refractivity contribution in [1.82, 2.24) is 24.6 Å². The van der Waals surface area contributed by atoms with E-state index in [1.54, 1.807) is 27.2 Å². The van der Waals surface area contributed by atoms with Crippen LogP contribution in [-0.4, -0.2) is 63.6 Å². The predicted octanol–water partition coefficient (Wildman–Crippen LogP) is 3.18. The molecule has 1 aromatic carbocycles. The van der Waals surface area contributed by atoms with Gasteiger partial charge in [-0.2, -0.15) is 5.10 Å². The summed E-state index contributed by atoms with van der Waals surface area (Å²) >= 11 is 0. The number of hydrogen-bond acceptors (Lipinski definition) is 8. The molecule has 2 aromatic heterocycles. The standard InChI is InChI=1S/C25H30N6O4/c1-4-5-18(32)7-9-21(33)30-12-10-17(11-13-30)31-25-22(24(26)27-15-28-25)23(29-31)16-6-8-19(34-2)20(14-16)35-3/h4-6,8,14-15,17H,7,9-13H2,1-3H3,(H2,26,27,28). The highest BCUT2D eigenvalue weighted by Gasteiger charge is 2.28. The first-order valence-corrected chi connectivity index (χ1v) is 11.6. The number of carbonyl (C=O) groups excluding carboxylic acids is 2. The molecule has 3 aromatic rings. The number of allylic oxidation sites excluding steroid dienone is 2. The number of nitrogens with two attached hydrogens (primary N) is 1. The normalized spacial score (nSPS) is 14.5. The van der Waals surface area contributed by atoms with Crippen molar-refractivity contribution in [3.05, 3.63) is 36.7 Å². The van der Waals surface area contributed by atoms with E-state index in [0.29, 0.717) is 47.1 Å². The molecule has 184 valence electrons. The van der Waals surface area contributed by atoms with Crippen molar-refractivity contribution in [2.75, 3.05) is 33.0 Å². The molecule has 10 heteroatoms. The fourth-order valence-electron chi connectivity index (χ4n) is 4.45. The molecule has 2 N–H and O–H groups in total. The van der Waals surface area contributed by atoms with Gasteiger partial charge in [-0.25, -0.2) is 14.6 Å². The van der Waals surface area contributed by atoms with Gasteiger partial charge in [0.15, 0.2) is 22.9 Å². The van der Waals surface area contributed by atoms with Crippen LogP contribution in [0, 0.1) is 0 Å². The van der Waals surface area contributed by atoms with Crippen LogP contribution in [0.4, 0.5) is 5.82 Å². The fourth-order valence-corrected chi connectivity index (χ4v) is 4.45. The van der Waals surface area contributed by atoms with Gasteiger partial charge in [0.05, 0.1) is 25.6 Å². The molecule has 4 rings (SSSR count). The minimum atomic E-state index is -0.0290. The fraction of sp³-hybridized carbons (Fsp3) is 0.400. The van der Waals surface area contributed by atoms with E-state index in [2.05, 4.69) is 9.97 Å². The zero-order valence-electron chi connectivity index (χ0n) is 20.2. The van der Waals surface area contributed by atoms with Crippen molar-refractivity contribution < 1.29 is 19.1 Å². The van der Waals surface area contributed by atoms with Gasteiger partial charge in [-0.15, -0.1) is 0 Å². The van der Waals surface area contributed by atoms with Crippen LogP contribution >= 0.6 is 0 Å². The maximum absolute atomic E-state index is 12.6. The summed E-state index contributed by atoms with van der Waals surface area (Å²) in [7, 11) is 3.17. The molecule has 0 spiro atoms. The average Bonchev–Trinajstić information content (AvgIpc) is 3.28. The van der Waals surface area contributed by atoms with Crippen LogP contribution in [0.25, 0.3) is 22.3 Å². The van der Waals surface area contributed by atoms with Crippen LogP contribution in [-0.2, 0) is 9.59 Å². The Labute approximate surface area is 203 Å². The minimum absolute atomic E-state index is 0.00390. The lowest BCUT2D eigenvalue weighted by molar-refractivity contribution is -0.133. The Kier molecular flexibility index (Phi) is 7.28. The van der Waals surface area contributed by atoms with Gasteiger partial charge in [0.1, 0.15) is 17.8 Å². The number of aromatic nitrogens is 4. The van der Waals surface area contributed by atoms with Crippen molar-refractivity contribution in [3.8, 4) is 22.8 Å². The van der Waals surface area contributed by atoms with Crippen LogP contribution in [0.2, 0.25) is 0 Å². The number of methoxy groups -OCH3 is 2. The van der Waals surface area contributed by atoms with Gasteiger partial charge < -0.3 is 20.1 Å². The van der Waals surface area contributed by atoms with E-state index in [9.17, 15) is 9.59 Å². The molecule has 35 heavy (non-hydrogen) atoms. The van der Waals surface area contributed by atoms with E-state index in [4.69, 9.17) is 20.3 Å². The number of nitrogen functional groups attached to an aromatic ring is 1. The first kappa shape index (κ1) is 24.2. The van der Waals surface area contributed by atoms with Gasteiger partial charge in [-0.3, -0.25) is 9.59 Å². The molecule has 1 amide bonds. The Morgan fingerprint density at radius 2 is 1.86 bits per heavy atom. The van der Waals surface area contributed by atoms with Crippen LogP contribution in [0.3, 0.4) is 0 Å². The van der Waals surface area contributed by atoms with Gasteiger partial charge in [0, 0.05) is 31.5 Å². The summed E-state index contributed by atoms with van der Waals surface area (Å²) in [6.45, 7) is 2.97. The monoisotopic (exact) mass is 478 g/mol. The molecular formula is C25H30N6O4. The van der Waals surface area contributed by atoms with Crippen LogP contribution in [0.5, 0.6) is 11.5 Å². The Hall–Kier alpha value is -3.95. The van der Waals surface area contributed by atoms with E-state index in [-0.39, 0.29) is 30.6 Å². The number of benzene rings is 1. The summed E-state index contributed by atoms with van der Waals surface area (Å²) in [5.74, 6) is 1.53. The second-order valence-corrected chi connectivity index (χ2v) is 8.40. The van der Waals surface area contributed by atoms with Crippen molar-refractivity contribution >= 4 is 28.5 Å². The maximum Gasteiger partial charge on any atom is 0.223 e. The number of rotatable bonds is 8. The number of carbonyl (C=O) groups is 2. The lowest BCUT2D eigenvalue weighted by Crippen LogP contribution is -2.39. The molecule has 0 radical (unpaired) electrons. The Morgan fingerprint density at radius 1 is 1.11 bits per heavy atom. The summed E-state index contributed by atoms with van der Waals surface area (Å²) in [4.78, 5) is 34.8. The van der Waals surface area contributed by atoms with Crippen molar-refractivity contribution in [3.63, 3.8) is 0 Å². The predicted molar refractivity (Wildman–Crippen MR) is 132 cm³/mol. The van der Waals surface area contributed by atoms with Crippen molar-refractivity contribution in [2.45, 2.75) is 38.6 Å². The summed E-state index contributed by atoms with van der Waals surface area (Å²) in [6, 6.07) is 5.63. The zero-order valence-corrected chi connectivity index (χ0v) is 20.2. The molecule has 3 heterocycles. The molecule has 0 bridgehead atoms. The molecule has 1 aliphatic rings. The van der Waals surface area contributed by atoms with Crippen LogP contribution < -0.4 is 15.2 Å². The number of ether oxygens (including phenoxy) is 2. The van der Waals surface area contributed by atoms with Gasteiger partial charge in [-0.05, 0) is 44.0 Å². The molecule has 1 aliphatic heterocycles. The van der Waals surface area contributed by atoms with Gasteiger partial charge >= 0.3 is 0 Å². The van der Waals surface area contributed by atoms with E-state index in [1.165, 1.54) is 12.4 Å². The summed E-state index contributed by atoms with van der Waals surface area (Å²) in [6.07, 6.45) is 6.55. The summed E-state index contributed by atoms with van der Waals surface area (Å²) in [5.41, 5.74) is 8.39. The summed E-state index contributed by atoms with van der Waals surface area (Å²) in [5, 5.41) is 5.59. The van der Waals surface area contributed by atoms with Crippen LogP contribution in [0.15, 0.2) is 36.7 Å². The quantitative estimate of drug-likeness (QED) is 0.489. The molecular weight excluding hydrogens is 448 g/mol. The Morgan fingerprint density at radius 3 is 2.54 bits per heavy atom. The van der Waals surface area contributed by atoms with E-state index in [1.807, 2.05) is 27.8 Å². The number of anilines is 1. The largest absolute Gasteiger partial charge is 0.493 e. The number of nitrogens with zero attached hydrogens (tertiary/aromatic N) is 5. The molecule has 10 nitrogen and oxygen atoms in total. The highest BCUT2D eigenvalue weighted by atomic mass is 16.5. The average molecular weight is 479 g/mol. The second kappa shape index (κ2) is 10.5. The number of hydrogen-bond donors (Lipinski definition) is 1. The molecule has 0 unspecified atom stereocenters. The number of amides is 1. The van der Waals surface area contributed by atoms with Gasteiger partial charge in [-0.1, -0.05) is 6.08 Å². The van der Waals surface area contributed by atoms with E-state index < -0.39 is 0 Å². The number of likely N-dealkylation sites (tertiary alicyclic amines) is 1. The second-order valence-electron chi connectivity index (χ2n) is 8.40. The van der Waals surface area contributed by atoms with Crippen molar-refractivity contribution in [1.29, 1.82) is 0 Å². The first-order valence-electron chi connectivity index (χ1n) is 11.6. The maximum atomic E-state index is 12.6. The highest BCUT2D eigenvalue weighted by Crippen LogP contribution is 2.37. The highest BCUT2D eigenvalue weighted by molar-refractivity contribution is 5.98. The molecule has 0 aliphatic carbocycles. The van der Waals surface area contributed by atoms with E-state index >= 15 is 0 Å². The van der Waals surface area contributed by atoms with E-state index in [0.717, 1.165) is 18.4 Å². The smallest absolute Gasteiger partial charge is 0.223 e. The zero-order chi connectivity index (χ0) is 24.9. The minimum Gasteiger partial charge on any atom is -0.493 e. The Bertz CT molecular complexity index is 1260. The first-order chi connectivity index (χ1) is 17.0. The van der Waals surface area contributed by atoms with Crippen LogP contribution in [0.1, 0.15) is 38.6 Å². The Balaban J connectivity index is 1.57. The molecule has 1 saturated heterocycles. The third-order valence-corrected chi connectivity index (χ3v) is 6.28. The third-order valence-electron chi connectivity index (χ3n) is 6.28. The van der Waals surface area contributed by atoms with Crippen molar-refractivity contribution in [2.24, 2.45) is 0 Å². The molecule has 0 atom stereocenters. The number of ketones is 1. The topological polar surface area (TPSA) is 125 Å². The number of fused-ring (bicyclic) bond motifs is 1. The number of piperidine rings is 1. The lowest BCUT2D eigenvalue weighted by atomic mass is 10.0. The summed E-state index contributed by atoms with van der Waals surface area (Å²) < 4.78 is 12.7. The molecule has 0 saturated carbocycles. The van der Waals surface area contributed by atoms with Gasteiger partial charge in [0.25, 0.3) is 0 Å². The lowest BCUT2D eigenvalue weighted by Gasteiger charge is -2.32. The SMILES string of the molecule is CC=CC(=O)CCC(=O)N1CCC(n2nc(-c3ccc(OC)c(OC)c3)c3c(N)ncnc32)CC1. The van der Waals surface area contributed by atoms with Gasteiger partial charge in [0.2, 0.25) is 5.91 Å².